The summed E-state index contributed by atoms with van der Waals surface area (Å²) in [6, 6.07) is 23.1. The number of hydrogen-bond donors (Lipinski definition) is 0. The van der Waals surface area contributed by atoms with E-state index in [0.717, 1.165) is 45.9 Å². The molecule has 123 valence electrons. The normalized spacial score (nSPS) is 11.3. The number of aryl methyl sites for hydroxylation is 2. The maximum absolute atomic E-state index is 13.1. The van der Waals surface area contributed by atoms with Gasteiger partial charge in [0.25, 0.3) is 0 Å². The Labute approximate surface area is 147 Å². The Bertz CT molecular complexity index is 1090. The Morgan fingerprint density at radius 2 is 1.80 bits per heavy atom. The van der Waals surface area contributed by atoms with Gasteiger partial charge in [-0.3, -0.25) is 4.79 Å². The SMILES string of the molecule is CCc1ccccc1C(=O)c1ccc2c(c1)c1c[c]ccc1n2CC. The molecule has 0 aliphatic rings. The second-order valence-corrected chi connectivity index (χ2v) is 6.26. The number of nitrogens with zero attached hydrogens (tertiary/aromatic N) is 1. The number of benzene rings is 3. The fraction of sp³-hybridized carbons (Fsp3) is 0.174. The predicted octanol–water partition coefficient (Wildman–Crippen LogP) is 5.41. The molecule has 1 aromatic heterocycles. The van der Waals surface area contributed by atoms with Crippen LogP contribution in [0.4, 0.5) is 0 Å². The lowest BCUT2D eigenvalue weighted by atomic mass is 9.96. The molecule has 0 saturated carbocycles. The molecule has 25 heavy (non-hydrogen) atoms. The van der Waals surface area contributed by atoms with E-state index in [-0.39, 0.29) is 5.78 Å². The van der Waals surface area contributed by atoms with Crippen molar-refractivity contribution in [2.75, 3.05) is 0 Å². The Hall–Kier alpha value is -2.87. The second-order valence-electron chi connectivity index (χ2n) is 6.26. The number of carbonyl (C=O) groups excluding carboxylic acids is 1. The topological polar surface area (TPSA) is 22.0 Å². The van der Waals surface area contributed by atoms with Crippen molar-refractivity contribution in [2.24, 2.45) is 0 Å². The van der Waals surface area contributed by atoms with Gasteiger partial charge < -0.3 is 4.57 Å². The zero-order chi connectivity index (χ0) is 17.4. The van der Waals surface area contributed by atoms with Gasteiger partial charge in [0.2, 0.25) is 0 Å². The Balaban J connectivity index is 1.92. The van der Waals surface area contributed by atoms with E-state index in [9.17, 15) is 4.79 Å². The van der Waals surface area contributed by atoms with Gasteiger partial charge in [0.15, 0.2) is 5.78 Å². The Kier molecular flexibility index (Phi) is 3.89. The fourth-order valence-electron chi connectivity index (χ4n) is 3.68. The zero-order valence-corrected chi connectivity index (χ0v) is 14.5. The van der Waals surface area contributed by atoms with E-state index >= 15 is 0 Å². The smallest absolute Gasteiger partial charge is 0.193 e. The van der Waals surface area contributed by atoms with Crippen molar-refractivity contribution in [1.29, 1.82) is 0 Å². The van der Waals surface area contributed by atoms with Crippen LogP contribution < -0.4 is 0 Å². The van der Waals surface area contributed by atoms with Gasteiger partial charge in [-0.2, -0.15) is 0 Å². The summed E-state index contributed by atoms with van der Waals surface area (Å²) in [5.41, 5.74) is 4.99. The zero-order valence-electron chi connectivity index (χ0n) is 14.5. The van der Waals surface area contributed by atoms with Crippen molar-refractivity contribution in [2.45, 2.75) is 26.8 Å². The van der Waals surface area contributed by atoms with Crippen LogP contribution in [0.25, 0.3) is 21.8 Å². The number of ketones is 1. The molecule has 2 heteroatoms. The molecule has 0 saturated heterocycles. The fourth-order valence-corrected chi connectivity index (χ4v) is 3.68. The largest absolute Gasteiger partial charge is 0.341 e. The molecule has 0 aliphatic heterocycles. The average Bonchev–Trinajstić information content (AvgIpc) is 3.00. The molecule has 0 unspecified atom stereocenters. The molecule has 2 nitrogen and oxygen atoms in total. The van der Waals surface area contributed by atoms with Crippen LogP contribution in [0.5, 0.6) is 0 Å². The number of carbonyl (C=O) groups is 1. The van der Waals surface area contributed by atoms with Gasteiger partial charge >= 0.3 is 0 Å². The Morgan fingerprint density at radius 3 is 2.60 bits per heavy atom. The van der Waals surface area contributed by atoms with Crippen LogP contribution in [-0.4, -0.2) is 10.4 Å². The first-order valence-corrected chi connectivity index (χ1v) is 8.79. The maximum Gasteiger partial charge on any atom is 0.193 e. The van der Waals surface area contributed by atoms with E-state index in [1.807, 2.05) is 48.5 Å². The third kappa shape index (κ3) is 2.45. The molecule has 3 aromatic carbocycles. The van der Waals surface area contributed by atoms with Crippen LogP contribution >= 0.6 is 0 Å². The first-order valence-electron chi connectivity index (χ1n) is 8.79. The van der Waals surface area contributed by atoms with E-state index in [2.05, 4.69) is 36.6 Å². The third-order valence-electron chi connectivity index (χ3n) is 4.93. The van der Waals surface area contributed by atoms with Crippen LogP contribution in [0.2, 0.25) is 0 Å². The quantitative estimate of drug-likeness (QED) is 0.460. The Morgan fingerprint density at radius 1 is 1.00 bits per heavy atom. The molecular weight excluding hydrogens is 306 g/mol. The summed E-state index contributed by atoms with van der Waals surface area (Å²) in [4.78, 5) is 13.1. The highest BCUT2D eigenvalue weighted by Gasteiger charge is 2.15. The standard InChI is InChI=1S/C23H20NO/c1-3-16-9-5-6-10-18(16)23(25)17-13-14-22-20(15-17)19-11-7-8-12-21(19)24(22)4-2/h5-6,8-15H,3-4H2,1-2H3. The summed E-state index contributed by atoms with van der Waals surface area (Å²) in [7, 11) is 0. The molecule has 1 radical (unpaired) electrons. The molecule has 0 bridgehead atoms. The summed E-state index contributed by atoms with van der Waals surface area (Å²) in [6.07, 6.45) is 0.855. The number of fused-ring (bicyclic) bond motifs is 3. The molecule has 4 aromatic rings. The summed E-state index contributed by atoms with van der Waals surface area (Å²) in [5, 5.41) is 2.27. The molecular formula is C23H20NO. The van der Waals surface area contributed by atoms with Crippen LogP contribution in [0.15, 0.2) is 60.7 Å². The molecule has 4 rings (SSSR count). The summed E-state index contributed by atoms with van der Waals surface area (Å²) in [5.74, 6) is 0.0941. The number of aromatic nitrogens is 1. The van der Waals surface area contributed by atoms with Crippen LogP contribution in [0.3, 0.4) is 0 Å². The maximum atomic E-state index is 13.1. The lowest BCUT2D eigenvalue weighted by Gasteiger charge is -2.07. The monoisotopic (exact) mass is 326 g/mol. The predicted molar refractivity (Wildman–Crippen MR) is 103 cm³/mol. The van der Waals surface area contributed by atoms with Gasteiger partial charge in [-0.05, 0) is 55.3 Å². The van der Waals surface area contributed by atoms with Gasteiger partial charge in [-0.15, -0.1) is 0 Å². The van der Waals surface area contributed by atoms with Gasteiger partial charge in [-0.1, -0.05) is 37.3 Å². The van der Waals surface area contributed by atoms with Crippen molar-refractivity contribution in [3.63, 3.8) is 0 Å². The lowest BCUT2D eigenvalue weighted by molar-refractivity contribution is 0.103. The number of hydrogen-bond acceptors (Lipinski definition) is 1. The average molecular weight is 326 g/mol. The second kappa shape index (κ2) is 6.21. The van der Waals surface area contributed by atoms with Crippen molar-refractivity contribution in [3.8, 4) is 0 Å². The minimum absolute atomic E-state index is 0.0941. The molecule has 0 amide bonds. The first-order chi connectivity index (χ1) is 12.2. The molecule has 0 fully saturated rings. The van der Waals surface area contributed by atoms with E-state index in [1.54, 1.807) is 0 Å². The summed E-state index contributed by atoms with van der Waals surface area (Å²) in [6.45, 7) is 5.13. The molecule has 0 aliphatic carbocycles. The van der Waals surface area contributed by atoms with E-state index in [4.69, 9.17) is 0 Å². The van der Waals surface area contributed by atoms with Gasteiger partial charge in [0.1, 0.15) is 0 Å². The van der Waals surface area contributed by atoms with E-state index in [0.29, 0.717) is 0 Å². The van der Waals surface area contributed by atoms with Crippen molar-refractivity contribution in [1.82, 2.24) is 4.57 Å². The van der Waals surface area contributed by atoms with Gasteiger partial charge in [0.05, 0.1) is 0 Å². The molecule has 0 N–H and O–H groups in total. The minimum atomic E-state index is 0.0941. The van der Waals surface area contributed by atoms with Crippen LogP contribution in [0.1, 0.15) is 35.3 Å². The highest BCUT2D eigenvalue weighted by molar-refractivity contribution is 6.15. The molecule has 0 spiro atoms. The minimum Gasteiger partial charge on any atom is -0.341 e. The summed E-state index contributed by atoms with van der Waals surface area (Å²) >= 11 is 0. The van der Waals surface area contributed by atoms with E-state index in [1.165, 1.54) is 5.52 Å². The van der Waals surface area contributed by atoms with Gasteiger partial charge in [-0.25, -0.2) is 0 Å². The highest BCUT2D eigenvalue weighted by atomic mass is 16.1. The highest BCUT2D eigenvalue weighted by Crippen LogP contribution is 2.30. The summed E-state index contributed by atoms with van der Waals surface area (Å²) < 4.78 is 2.28. The molecule has 1 heterocycles. The van der Waals surface area contributed by atoms with Gasteiger partial charge in [0, 0.05) is 39.5 Å². The van der Waals surface area contributed by atoms with Crippen molar-refractivity contribution >= 4 is 27.6 Å². The van der Waals surface area contributed by atoms with Crippen LogP contribution in [0, 0.1) is 6.07 Å². The molecule has 0 atom stereocenters. The van der Waals surface area contributed by atoms with Crippen LogP contribution in [-0.2, 0) is 13.0 Å². The first kappa shape index (κ1) is 15.6. The number of rotatable bonds is 4. The van der Waals surface area contributed by atoms with Crippen molar-refractivity contribution < 1.29 is 4.79 Å². The van der Waals surface area contributed by atoms with Crippen molar-refractivity contribution in [3.05, 3.63) is 83.4 Å². The third-order valence-corrected chi connectivity index (χ3v) is 4.93. The van der Waals surface area contributed by atoms with E-state index < -0.39 is 0 Å². The lowest BCUT2D eigenvalue weighted by Crippen LogP contribution is -2.05.